The van der Waals surface area contributed by atoms with Gasteiger partial charge in [0.15, 0.2) is 17.2 Å². The highest BCUT2D eigenvalue weighted by atomic mass is 16.5. The first-order valence-electron chi connectivity index (χ1n) is 10.4. The number of ether oxygens (including phenoxy) is 1. The summed E-state index contributed by atoms with van der Waals surface area (Å²) in [5, 5.41) is 0.965. The molecule has 6 heteroatoms. The van der Waals surface area contributed by atoms with Crippen molar-refractivity contribution in [3.8, 4) is 11.4 Å². The third kappa shape index (κ3) is 3.28. The van der Waals surface area contributed by atoms with Crippen LogP contribution in [0.15, 0.2) is 59.0 Å². The number of furan rings is 1. The number of carbonyl (C=O) groups is 1. The van der Waals surface area contributed by atoms with Crippen LogP contribution in [0.1, 0.15) is 19.8 Å². The van der Waals surface area contributed by atoms with Crippen LogP contribution in [-0.2, 0) is 9.53 Å². The molecular weight excluding hydrogens is 378 g/mol. The second-order valence-corrected chi connectivity index (χ2v) is 7.55. The summed E-state index contributed by atoms with van der Waals surface area (Å²) in [6, 6.07) is 17.8. The normalized spacial score (nSPS) is 16.8. The number of aromatic nitrogens is 2. The molecule has 0 spiro atoms. The zero-order valence-corrected chi connectivity index (χ0v) is 16.9. The molecule has 0 unspecified atom stereocenters. The number of hydrogen-bond donors (Lipinski definition) is 0. The molecule has 0 saturated carbocycles. The first kappa shape index (κ1) is 18.6. The van der Waals surface area contributed by atoms with Crippen LogP contribution in [0.3, 0.4) is 0 Å². The maximum absolute atomic E-state index is 12.4. The summed E-state index contributed by atoms with van der Waals surface area (Å²) in [6.07, 6.45) is 1.73. The summed E-state index contributed by atoms with van der Waals surface area (Å²) in [5.74, 6) is 1.10. The van der Waals surface area contributed by atoms with Crippen molar-refractivity contribution < 1.29 is 13.9 Å². The minimum absolute atomic E-state index is 0.139. The second kappa shape index (κ2) is 7.78. The van der Waals surface area contributed by atoms with E-state index in [4.69, 9.17) is 19.1 Å². The van der Waals surface area contributed by atoms with Gasteiger partial charge in [0.1, 0.15) is 11.1 Å². The molecule has 5 rings (SSSR count). The van der Waals surface area contributed by atoms with Gasteiger partial charge >= 0.3 is 5.97 Å². The van der Waals surface area contributed by atoms with Crippen LogP contribution in [0, 0.1) is 5.92 Å². The Hall–Kier alpha value is -3.41. The van der Waals surface area contributed by atoms with Gasteiger partial charge in [0.2, 0.25) is 0 Å². The molecular formula is C24H23N3O3. The van der Waals surface area contributed by atoms with E-state index in [1.54, 1.807) is 0 Å². The standard InChI is InChI=1S/C24H23N3O3/c1-2-29-24(28)17-11-8-14-27(15-17)23-21-20(18-12-6-7-13-19(18)30-21)25-22(26-23)16-9-4-3-5-10-16/h3-7,9-10,12-13,17H,2,8,11,14-15H2,1H3/t17-/m0/s1. The molecule has 3 heterocycles. The Kier molecular flexibility index (Phi) is 4.83. The third-order valence-electron chi connectivity index (χ3n) is 5.57. The average molecular weight is 401 g/mol. The van der Waals surface area contributed by atoms with Gasteiger partial charge in [-0.15, -0.1) is 0 Å². The largest absolute Gasteiger partial charge is 0.466 e. The lowest BCUT2D eigenvalue weighted by molar-refractivity contribution is -0.148. The van der Waals surface area contributed by atoms with Crippen LogP contribution in [-0.4, -0.2) is 35.6 Å². The molecule has 2 aromatic heterocycles. The van der Waals surface area contributed by atoms with E-state index in [1.807, 2.05) is 61.5 Å². The van der Waals surface area contributed by atoms with E-state index in [0.717, 1.165) is 47.3 Å². The molecule has 0 bridgehead atoms. The first-order chi connectivity index (χ1) is 14.7. The molecule has 1 saturated heterocycles. The quantitative estimate of drug-likeness (QED) is 0.457. The predicted octanol–water partition coefficient (Wildman–Crippen LogP) is 4.82. The van der Waals surface area contributed by atoms with Crippen molar-refractivity contribution in [2.75, 3.05) is 24.6 Å². The lowest BCUT2D eigenvalue weighted by atomic mass is 9.98. The molecule has 30 heavy (non-hydrogen) atoms. The van der Waals surface area contributed by atoms with Crippen LogP contribution in [0.5, 0.6) is 0 Å². The Bertz CT molecular complexity index is 1200. The van der Waals surface area contributed by atoms with Crippen molar-refractivity contribution in [2.24, 2.45) is 5.92 Å². The van der Waals surface area contributed by atoms with Gasteiger partial charge < -0.3 is 14.1 Å². The number of hydrogen-bond acceptors (Lipinski definition) is 6. The van der Waals surface area contributed by atoms with Gasteiger partial charge in [-0.3, -0.25) is 4.79 Å². The molecule has 4 aromatic rings. The van der Waals surface area contributed by atoms with E-state index >= 15 is 0 Å². The first-order valence-corrected chi connectivity index (χ1v) is 10.4. The summed E-state index contributed by atoms with van der Waals surface area (Å²) in [7, 11) is 0. The number of anilines is 1. The van der Waals surface area contributed by atoms with E-state index in [0.29, 0.717) is 24.6 Å². The van der Waals surface area contributed by atoms with Crippen molar-refractivity contribution in [2.45, 2.75) is 19.8 Å². The van der Waals surface area contributed by atoms with Gasteiger partial charge in [-0.05, 0) is 31.9 Å². The Morgan fingerprint density at radius 2 is 1.93 bits per heavy atom. The van der Waals surface area contributed by atoms with Crippen LogP contribution < -0.4 is 4.90 Å². The molecule has 0 N–H and O–H groups in total. The number of carbonyl (C=O) groups excluding carboxylic acids is 1. The molecule has 1 fully saturated rings. The second-order valence-electron chi connectivity index (χ2n) is 7.55. The Morgan fingerprint density at radius 3 is 2.77 bits per heavy atom. The zero-order valence-electron chi connectivity index (χ0n) is 16.9. The van der Waals surface area contributed by atoms with Gasteiger partial charge in [-0.25, -0.2) is 9.97 Å². The van der Waals surface area contributed by atoms with Crippen molar-refractivity contribution in [1.82, 2.24) is 9.97 Å². The van der Waals surface area contributed by atoms with E-state index in [2.05, 4.69) is 4.90 Å². The van der Waals surface area contributed by atoms with Crippen LogP contribution in [0.25, 0.3) is 33.5 Å². The van der Waals surface area contributed by atoms with Gasteiger partial charge in [0.05, 0.1) is 12.5 Å². The minimum Gasteiger partial charge on any atom is -0.466 e. The summed E-state index contributed by atoms with van der Waals surface area (Å²) in [5.41, 5.74) is 3.20. The zero-order chi connectivity index (χ0) is 20.5. The smallest absolute Gasteiger partial charge is 0.310 e. The van der Waals surface area contributed by atoms with Gasteiger partial charge in [0, 0.05) is 24.0 Å². The van der Waals surface area contributed by atoms with Crippen LogP contribution in [0.2, 0.25) is 0 Å². The van der Waals surface area contributed by atoms with Gasteiger partial charge in [-0.2, -0.15) is 0 Å². The van der Waals surface area contributed by atoms with Gasteiger partial charge in [-0.1, -0.05) is 42.5 Å². The van der Waals surface area contributed by atoms with Crippen molar-refractivity contribution in [3.05, 3.63) is 54.6 Å². The highest BCUT2D eigenvalue weighted by Crippen LogP contribution is 2.36. The fourth-order valence-electron chi connectivity index (χ4n) is 4.13. The van der Waals surface area contributed by atoms with E-state index in [1.165, 1.54) is 0 Å². The van der Waals surface area contributed by atoms with E-state index in [-0.39, 0.29) is 11.9 Å². The molecule has 0 aliphatic carbocycles. The topological polar surface area (TPSA) is 68.5 Å². The monoisotopic (exact) mass is 401 g/mol. The van der Waals surface area contributed by atoms with E-state index in [9.17, 15) is 4.79 Å². The number of piperidine rings is 1. The molecule has 2 aromatic carbocycles. The molecule has 1 aliphatic rings. The van der Waals surface area contributed by atoms with E-state index < -0.39 is 0 Å². The predicted molar refractivity (Wildman–Crippen MR) is 116 cm³/mol. The fourth-order valence-corrected chi connectivity index (χ4v) is 4.13. The molecule has 0 amide bonds. The summed E-state index contributed by atoms with van der Waals surface area (Å²) in [6.45, 7) is 3.62. The molecule has 6 nitrogen and oxygen atoms in total. The molecule has 152 valence electrons. The van der Waals surface area contributed by atoms with Crippen molar-refractivity contribution >= 4 is 33.9 Å². The maximum Gasteiger partial charge on any atom is 0.310 e. The lowest BCUT2D eigenvalue weighted by Crippen LogP contribution is -2.40. The lowest BCUT2D eigenvalue weighted by Gasteiger charge is -2.32. The Labute approximate surface area is 174 Å². The Morgan fingerprint density at radius 1 is 1.13 bits per heavy atom. The molecule has 0 radical (unpaired) electrons. The number of fused-ring (bicyclic) bond motifs is 3. The third-order valence-corrected chi connectivity index (χ3v) is 5.57. The number of esters is 1. The highest BCUT2D eigenvalue weighted by molar-refractivity contribution is 6.06. The highest BCUT2D eigenvalue weighted by Gasteiger charge is 2.30. The van der Waals surface area contributed by atoms with Crippen LogP contribution >= 0.6 is 0 Å². The summed E-state index contributed by atoms with van der Waals surface area (Å²) >= 11 is 0. The average Bonchev–Trinajstić information content (AvgIpc) is 3.18. The van der Waals surface area contributed by atoms with Gasteiger partial charge in [0.25, 0.3) is 0 Å². The number of benzene rings is 2. The van der Waals surface area contributed by atoms with Crippen molar-refractivity contribution in [1.29, 1.82) is 0 Å². The summed E-state index contributed by atoms with van der Waals surface area (Å²) in [4.78, 5) is 24.3. The number of para-hydroxylation sites is 1. The minimum atomic E-state index is -0.159. The summed E-state index contributed by atoms with van der Waals surface area (Å²) < 4.78 is 11.5. The fraction of sp³-hybridized carbons (Fsp3) is 0.292. The number of nitrogens with zero attached hydrogens (tertiary/aromatic N) is 3. The molecule has 1 aliphatic heterocycles. The number of rotatable bonds is 4. The molecule has 1 atom stereocenters. The SMILES string of the molecule is CCOC(=O)[C@H]1CCCN(c2nc(-c3ccccc3)nc3c2oc2ccccc23)C1. The van der Waals surface area contributed by atoms with Crippen molar-refractivity contribution in [3.63, 3.8) is 0 Å². The van der Waals surface area contributed by atoms with Crippen LogP contribution in [0.4, 0.5) is 5.82 Å². The maximum atomic E-state index is 12.4. The Balaban J connectivity index is 1.65.